The van der Waals surface area contributed by atoms with Gasteiger partial charge < -0.3 is 14.8 Å². The number of nitrogens with one attached hydrogen (secondary N) is 1. The second-order valence-electron chi connectivity index (χ2n) is 5.28. The molecular formula is C16H24ClNO2. The zero-order valence-electron chi connectivity index (χ0n) is 12.1. The lowest BCUT2D eigenvalue weighted by Crippen LogP contribution is -2.25. The van der Waals surface area contributed by atoms with E-state index >= 15 is 0 Å². The molecule has 0 aliphatic heterocycles. The average molecular weight is 298 g/mol. The van der Waals surface area contributed by atoms with Gasteiger partial charge in [0.15, 0.2) is 0 Å². The fourth-order valence-electron chi connectivity index (χ4n) is 2.33. The van der Waals surface area contributed by atoms with Gasteiger partial charge in [-0.05, 0) is 49.4 Å². The standard InChI is InChI=1S/C16H24ClNO2/c1-19-11-12-20-10-2-9-18-16(13-3-4-13)14-5-7-15(17)8-6-14/h5-8,13,16,18H,2-4,9-12H2,1H3. The lowest BCUT2D eigenvalue weighted by atomic mass is 10.0. The van der Waals surface area contributed by atoms with Crippen molar-refractivity contribution in [3.63, 3.8) is 0 Å². The van der Waals surface area contributed by atoms with Gasteiger partial charge >= 0.3 is 0 Å². The van der Waals surface area contributed by atoms with Gasteiger partial charge in [0.1, 0.15) is 0 Å². The summed E-state index contributed by atoms with van der Waals surface area (Å²) in [6, 6.07) is 8.68. The van der Waals surface area contributed by atoms with Crippen molar-refractivity contribution in [1.29, 1.82) is 0 Å². The van der Waals surface area contributed by atoms with E-state index in [2.05, 4.69) is 17.4 Å². The van der Waals surface area contributed by atoms with E-state index in [4.69, 9.17) is 21.1 Å². The topological polar surface area (TPSA) is 30.5 Å². The van der Waals surface area contributed by atoms with Crippen LogP contribution in [-0.2, 0) is 9.47 Å². The van der Waals surface area contributed by atoms with Crippen LogP contribution in [-0.4, -0.2) is 33.5 Å². The van der Waals surface area contributed by atoms with Crippen LogP contribution in [0, 0.1) is 5.92 Å². The Kier molecular flexibility index (Phi) is 6.80. The van der Waals surface area contributed by atoms with Crippen LogP contribution in [0.1, 0.15) is 30.9 Å². The molecule has 0 heterocycles. The van der Waals surface area contributed by atoms with Crippen LogP contribution in [0.4, 0.5) is 0 Å². The normalized spacial score (nSPS) is 16.3. The Morgan fingerprint density at radius 2 is 1.95 bits per heavy atom. The van der Waals surface area contributed by atoms with Gasteiger partial charge in [0.25, 0.3) is 0 Å². The third-order valence-corrected chi connectivity index (χ3v) is 3.84. The van der Waals surface area contributed by atoms with Crippen molar-refractivity contribution in [3.8, 4) is 0 Å². The number of hydrogen-bond acceptors (Lipinski definition) is 3. The average Bonchev–Trinajstić information content (AvgIpc) is 3.28. The molecule has 1 aromatic rings. The first kappa shape index (κ1) is 15.8. The smallest absolute Gasteiger partial charge is 0.0700 e. The molecule has 0 bridgehead atoms. The van der Waals surface area contributed by atoms with E-state index in [9.17, 15) is 0 Å². The molecular weight excluding hydrogens is 274 g/mol. The maximum Gasteiger partial charge on any atom is 0.0700 e. The first-order valence-electron chi connectivity index (χ1n) is 7.37. The number of rotatable bonds is 10. The molecule has 2 rings (SSSR count). The van der Waals surface area contributed by atoms with E-state index in [0.717, 1.165) is 30.5 Å². The minimum Gasteiger partial charge on any atom is -0.382 e. The van der Waals surface area contributed by atoms with Gasteiger partial charge in [-0.25, -0.2) is 0 Å². The van der Waals surface area contributed by atoms with Gasteiger partial charge in [-0.2, -0.15) is 0 Å². The zero-order valence-corrected chi connectivity index (χ0v) is 12.9. The van der Waals surface area contributed by atoms with Crippen LogP contribution in [0.15, 0.2) is 24.3 Å². The van der Waals surface area contributed by atoms with Crippen molar-refractivity contribution in [3.05, 3.63) is 34.9 Å². The van der Waals surface area contributed by atoms with Gasteiger partial charge in [-0.3, -0.25) is 0 Å². The fraction of sp³-hybridized carbons (Fsp3) is 0.625. The predicted molar refractivity (Wildman–Crippen MR) is 82.2 cm³/mol. The van der Waals surface area contributed by atoms with Crippen LogP contribution < -0.4 is 5.32 Å². The van der Waals surface area contributed by atoms with Crippen LogP contribution in [0.25, 0.3) is 0 Å². The fourth-order valence-corrected chi connectivity index (χ4v) is 2.46. The molecule has 4 heteroatoms. The summed E-state index contributed by atoms with van der Waals surface area (Å²) in [4.78, 5) is 0. The first-order chi connectivity index (χ1) is 9.81. The first-order valence-corrected chi connectivity index (χ1v) is 7.74. The monoisotopic (exact) mass is 297 g/mol. The summed E-state index contributed by atoms with van der Waals surface area (Å²) in [6.45, 7) is 3.12. The van der Waals surface area contributed by atoms with Gasteiger partial charge in [0.2, 0.25) is 0 Å². The van der Waals surface area contributed by atoms with Gasteiger partial charge in [0.05, 0.1) is 13.2 Å². The molecule has 1 aliphatic rings. The highest BCUT2D eigenvalue weighted by atomic mass is 35.5. The minimum absolute atomic E-state index is 0.464. The SMILES string of the molecule is COCCOCCCNC(c1ccc(Cl)cc1)C1CC1. The number of methoxy groups -OCH3 is 1. The van der Waals surface area contributed by atoms with Crippen LogP contribution >= 0.6 is 11.6 Å². The maximum absolute atomic E-state index is 5.95. The van der Waals surface area contributed by atoms with Crippen molar-refractivity contribution in [1.82, 2.24) is 5.32 Å². The van der Waals surface area contributed by atoms with E-state index in [-0.39, 0.29) is 0 Å². The lowest BCUT2D eigenvalue weighted by molar-refractivity contribution is 0.0691. The highest BCUT2D eigenvalue weighted by Gasteiger charge is 2.31. The summed E-state index contributed by atoms with van der Waals surface area (Å²) in [5.74, 6) is 0.783. The minimum atomic E-state index is 0.464. The molecule has 1 saturated carbocycles. The number of hydrogen-bond donors (Lipinski definition) is 1. The second kappa shape index (κ2) is 8.63. The van der Waals surface area contributed by atoms with Crippen molar-refractivity contribution in [2.24, 2.45) is 5.92 Å². The third-order valence-electron chi connectivity index (χ3n) is 3.58. The molecule has 3 nitrogen and oxygen atoms in total. The molecule has 0 radical (unpaired) electrons. The van der Waals surface area contributed by atoms with E-state index < -0.39 is 0 Å². The largest absolute Gasteiger partial charge is 0.382 e. The molecule has 1 unspecified atom stereocenters. The molecule has 1 N–H and O–H groups in total. The van der Waals surface area contributed by atoms with Gasteiger partial charge in [0, 0.05) is 24.8 Å². The van der Waals surface area contributed by atoms with Gasteiger partial charge in [-0.1, -0.05) is 23.7 Å². The molecule has 1 fully saturated rings. The predicted octanol–water partition coefficient (Wildman–Crippen LogP) is 3.43. The molecule has 1 atom stereocenters. The summed E-state index contributed by atoms with van der Waals surface area (Å²) in [5, 5.41) is 4.45. The molecule has 112 valence electrons. The Bertz CT molecular complexity index is 379. The summed E-state index contributed by atoms with van der Waals surface area (Å²) in [5.41, 5.74) is 1.34. The second-order valence-corrected chi connectivity index (χ2v) is 5.72. The van der Waals surface area contributed by atoms with Crippen LogP contribution in [0.5, 0.6) is 0 Å². The van der Waals surface area contributed by atoms with Crippen LogP contribution in [0.2, 0.25) is 5.02 Å². The van der Waals surface area contributed by atoms with Gasteiger partial charge in [-0.15, -0.1) is 0 Å². The highest BCUT2D eigenvalue weighted by molar-refractivity contribution is 6.30. The van der Waals surface area contributed by atoms with E-state index in [0.29, 0.717) is 19.3 Å². The molecule has 0 saturated heterocycles. The summed E-state index contributed by atoms with van der Waals surface area (Å²) >= 11 is 5.95. The third kappa shape index (κ3) is 5.41. The Balaban J connectivity index is 1.69. The summed E-state index contributed by atoms with van der Waals surface area (Å²) in [6.07, 6.45) is 3.68. The molecule has 0 aromatic heterocycles. The molecule has 0 amide bonds. The number of ether oxygens (including phenoxy) is 2. The van der Waals surface area contributed by atoms with Crippen LogP contribution in [0.3, 0.4) is 0 Å². The number of benzene rings is 1. The molecule has 1 aromatic carbocycles. The summed E-state index contributed by atoms with van der Waals surface area (Å²) in [7, 11) is 1.69. The molecule has 0 spiro atoms. The Hall–Kier alpha value is -0.610. The Labute approximate surface area is 126 Å². The zero-order chi connectivity index (χ0) is 14.2. The van der Waals surface area contributed by atoms with Crippen molar-refractivity contribution < 1.29 is 9.47 Å². The van der Waals surface area contributed by atoms with E-state index in [1.807, 2.05) is 12.1 Å². The highest BCUT2D eigenvalue weighted by Crippen LogP contribution is 2.41. The maximum atomic E-state index is 5.95. The van der Waals surface area contributed by atoms with Crippen molar-refractivity contribution in [2.45, 2.75) is 25.3 Å². The van der Waals surface area contributed by atoms with E-state index in [1.54, 1.807) is 7.11 Å². The quantitative estimate of drug-likeness (QED) is 0.671. The van der Waals surface area contributed by atoms with E-state index in [1.165, 1.54) is 18.4 Å². The van der Waals surface area contributed by atoms with Crippen molar-refractivity contribution in [2.75, 3.05) is 33.5 Å². The Morgan fingerprint density at radius 1 is 1.20 bits per heavy atom. The molecule has 1 aliphatic carbocycles. The Morgan fingerprint density at radius 3 is 2.60 bits per heavy atom. The summed E-state index contributed by atoms with van der Waals surface area (Å²) < 4.78 is 10.4. The lowest BCUT2D eigenvalue weighted by Gasteiger charge is -2.19. The number of halogens is 1. The van der Waals surface area contributed by atoms with Crippen molar-refractivity contribution >= 4 is 11.6 Å². The molecule has 20 heavy (non-hydrogen) atoms.